The Labute approximate surface area is 149 Å². The fourth-order valence-corrected chi connectivity index (χ4v) is 4.41. The molecule has 6 nitrogen and oxygen atoms in total. The summed E-state index contributed by atoms with van der Waals surface area (Å²) in [4.78, 5) is 4.60. The van der Waals surface area contributed by atoms with Crippen LogP contribution in [0.5, 0.6) is 0 Å². The van der Waals surface area contributed by atoms with Gasteiger partial charge in [-0.25, -0.2) is 8.42 Å². The van der Waals surface area contributed by atoms with Crippen molar-refractivity contribution < 1.29 is 8.42 Å². The first-order valence-corrected chi connectivity index (χ1v) is 9.70. The maximum absolute atomic E-state index is 13.2. The lowest BCUT2D eigenvalue weighted by Gasteiger charge is -2.35. The number of sulfonamides is 1. The van der Waals surface area contributed by atoms with E-state index < -0.39 is 10.0 Å². The monoisotopic (exact) mass is 360 g/mol. The first-order valence-electron chi connectivity index (χ1n) is 8.26. The Kier molecular flexibility index (Phi) is 4.87. The van der Waals surface area contributed by atoms with Crippen molar-refractivity contribution in [2.24, 2.45) is 0 Å². The highest BCUT2D eigenvalue weighted by Gasteiger charge is 2.28. The number of benzene rings is 2. The molecule has 0 saturated carbocycles. The number of para-hydroxylation sites is 1. The minimum Gasteiger partial charge on any atom is -0.399 e. The highest BCUT2D eigenvalue weighted by atomic mass is 32.2. The molecule has 0 spiro atoms. The summed E-state index contributed by atoms with van der Waals surface area (Å²) < 4.78 is 27.8. The Morgan fingerprint density at radius 2 is 1.64 bits per heavy atom. The summed E-state index contributed by atoms with van der Waals surface area (Å²) in [7, 11) is -0.0683. The molecular formula is C18H24N4O2S. The Balaban J connectivity index is 2.02. The molecule has 0 radical (unpaired) electrons. The van der Waals surface area contributed by atoms with Crippen LogP contribution in [0.4, 0.5) is 17.1 Å². The third-order valence-electron chi connectivity index (χ3n) is 4.59. The predicted octanol–water partition coefficient (Wildman–Crippen LogP) is 1.85. The molecule has 1 aliphatic heterocycles. The molecule has 0 unspecified atom stereocenters. The quantitative estimate of drug-likeness (QED) is 0.843. The SMILES string of the molecule is CN1CCN(c2ccc(N)cc2S(=O)(=O)N(C)c2ccccc2)CC1. The normalized spacial score (nSPS) is 16.0. The van der Waals surface area contributed by atoms with Crippen molar-refractivity contribution in [3.63, 3.8) is 0 Å². The van der Waals surface area contributed by atoms with Crippen LogP contribution in [0.2, 0.25) is 0 Å². The van der Waals surface area contributed by atoms with Crippen molar-refractivity contribution in [3.8, 4) is 0 Å². The molecule has 0 amide bonds. The Morgan fingerprint density at radius 1 is 1.00 bits per heavy atom. The van der Waals surface area contributed by atoms with Crippen LogP contribution in [0.15, 0.2) is 53.4 Å². The lowest BCUT2D eigenvalue weighted by Crippen LogP contribution is -2.45. The highest BCUT2D eigenvalue weighted by Crippen LogP contribution is 2.32. The first kappa shape index (κ1) is 17.6. The summed E-state index contributed by atoms with van der Waals surface area (Å²) in [6.07, 6.45) is 0. The largest absolute Gasteiger partial charge is 0.399 e. The molecule has 2 aromatic rings. The molecular weight excluding hydrogens is 336 g/mol. The fourth-order valence-electron chi connectivity index (χ4n) is 2.97. The molecule has 3 rings (SSSR count). The lowest BCUT2D eigenvalue weighted by atomic mass is 10.2. The molecule has 7 heteroatoms. The zero-order chi connectivity index (χ0) is 18.0. The molecule has 2 aromatic carbocycles. The smallest absolute Gasteiger partial charge is 0.266 e. The van der Waals surface area contributed by atoms with E-state index in [0.29, 0.717) is 17.1 Å². The third kappa shape index (κ3) is 3.57. The van der Waals surface area contributed by atoms with Crippen LogP contribution in [0, 0.1) is 0 Å². The van der Waals surface area contributed by atoms with E-state index in [1.54, 1.807) is 31.3 Å². The summed E-state index contributed by atoms with van der Waals surface area (Å²) >= 11 is 0. The van der Waals surface area contributed by atoms with Gasteiger partial charge in [0.2, 0.25) is 0 Å². The lowest BCUT2D eigenvalue weighted by molar-refractivity contribution is 0.312. The minimum absolute atomic E-state index is 0.253. The Bertz CT molecular complexity index is 831. The molecule has 1 heterocycles. The molecule has 0 aliphatic carbocycles. The number of piperazine rings is 1. The van der Waals surface area contributed by atoms with E-state index in [0.717, 1.165) is 26.2 Å². The number of rotatable bonds is 4. The average molecular weight is 360 g/mol. The van der Waals surface area contributed by atoms with Crippen molar-refractivity contribution >= 4 is 27.1 Å². The van der Waals surface area contributed by atoms with Gasteiger partial charge in [0.25, 0.3) is 10.0 Å². The summed E-state index contributed by atoms with van der Waals surface area (Å²) in [6, 6.07) is 14.2. The molecule has 0 aromatic heterocycles. The van der Waals surface area contributed by atoms with Crippen molar-refractivity contribution in [2.45, 2.75) is 4.90 Å². The van der Waals surface area contributed by atoms with Crippen LogP contribution >= 0.6 is 0 Å². The maximum Gasteiger partial charge on any atom is 0.266 e. The van der Waals surface area contributed by atoms with Gasteiger partial charge in [0.1, 0.15) is 4.90 Å². The molecule has 1 saturated heterocycles. The molecule has 2 N–H and O–H groups in total. The summed E-state index contributed by atoms with van der Waals surface area (Å²) in [6.45, 7) is 3.38. The molecule has 0 atom stereocenters. The van der Waals surface area contributed by atoms with Gasteiger partial charge in [0, 0.05) is 38.9 Å². The molecule has 1 aliphatic rings. The van der Waals surface area contributed by atoms with Crippen LogP contribution < -0.4 is 14.9 Å². The maximum atomic E-state index is 13.2. The van der Waals surface area contributed by atoms with Gasteiger partial charge in [0.15, 0.2) is 0 Å². The number of hydrogen-bond donors (Lipinski definition) is 1. The van der Waals surface area contributed by atoms with Gasteiger partial charge in [-0.15, -0.1) is 0 Å². The van der Waals surface area contributed by atoms with E-state index >= 15 is 0 Å². The Hall–Kier alpha value is -2.25. The third-order valence-corrected chi connectivity index (χ3v) is 6.40. The fraction of sp³-hybridized carbons (Fsp3) is 0.333. The second kappa shape index (κ2) is 6.93. The predicted molar refractivity (Wildman–Crippen MR) is 103 cm³/mol. The van der Waals surface area contributed by atoms with E-state index in [9.17, 15) is 8.42 Å². The van der Waals surface area contributed by atoms with Crippen molar-refractivity contribution in [1.82, 2.24) is 4.90 Å². The van der Waals surface area contributed by atoms with Crippen LogP contribution in [-0.2, 0) is 10.0 Å². The second-order valence-electron chi connectivity index (χ2n) is 6.33. The van der Waals surface area contributed by atoms with Gasteiger partial charge in [-0.3, -0.25) is 4.31 Å². The van der Waals surface area contributed by atoms with E-state index in [4.69, 9.17) is 5.73 Å². The zero-order valence-electron chi connectivity index (χ0n) is 14.6. The van der Waals surface area contributed by atoms with E-state index in [1.807, 2.05) is 24.3 Å². The number of hydrogen-bond acceptors (Lipinski definition) is 5. The van der Waals surface area contributed by atoms with Gasteiger partial charge in [-0.05, 0) is 37.4 Å². The molecule has 0 bridgehead atoms. The zero-order valence-corrected chi connectivity index (χ0v) is 15.4. The number of nitrogen functional groups attached to an aromatic ring is 1. The van der Waals surface area contributed by atoms with Gasteiger partial charge >= 0.3 is 0 Å². The molecule has 134 valence electrons. The standard InChI is InChI=1S/C18H24N4O2S/c1-20-10-12-22(13-11-20)17-9-8-15(19)14-18(17)25(23,24)21(2)16-6-4-3-5-7-16/h3-9,14H,10-13,19H2,1-2H3. The Morgan fingerprint density at radius 3 is 2.28 bits per heavy atom. The van der Waals surface area contributed by atoms with Crippen LogP contribution in [0.25, 0.3) is 0 Å². The average Bonchev–Trinajstić information content (AvgIpc) is 2.62. The van der Waals surface area contributed by atoms with Gasteiger partial charge in [-0.1, -0.05) is 18.2 Å². The molecule has 25 heavy (non-hydrogen) atoms. The summed E-state index contributed by atoms with van der Waals surface area (Å²) in [5.41, 5.74) is 7.68. The van der Waals surface area contributed by atoms with E-state index in [1.165, 1.54) is 4.31 Å². The summed E-state index contributed by atoms with van der Waals surface area (Å²) in [5, 5.41) is 0. The van der Waals surface area contributed by atoms with Gasteiger partial charge in [-0.2, -0.15) is 0 Å². The van der Waals surface area contributed by atoms with Crippen molar-refractivity contribution in [2.75, 3.05) is 55.2 Å². The van der Waals surface area contributed by atoms with Crippen LogP contribution in [0.3, 0.4) is 0 Å². The minimum atomic E-state index is -3.71. The number of nitrogens with two attached hydrogens (primary N) is 1. The number of anilines is 3. The van der Waals surface area contributed by atoms with Crippen LogP contribution in [0.1, 0.15) is 0 Å². The van der Waals surface area contributed by atoms with Gasteiger partial charge in [0.05, 0.1) is 11.4 Å². The topological polar surface area (TPSA) is 69.9 Å². The second-order valence-corrected chi connectivity index (χ2v) is 8.26. The highest BCUT2D eigenvalue weighted by molar-refractivity contribution is 7.93. The van der Waals surface area contributed by atoms with Gasteiger partial charge < -0.3 is 15.5 Å². The summed E-state index contributed by atoms with van der Waals surface area (Å²) in [5.74, 6) is 0. The van der Waals surface area contributed by atoms with Crippen LogP contribution in [-0.4, -0.2) is 53.6 Å². The van der Waals surface area contributed by atoms with Crippen molar-refractivity contribution in [1.29, 1.82) is 0 Å². The first-order chi connectivity index (χ1) is 11.9. The molecule has 1 fully saturated rings. The van der Waals surface area contributed by atoms with E-state index in [2.05, 4.69) is 16.8 Å². The van der Waals surface area contributed by atoms with E-state index in [-0.39, 0.29) is 4.90 Å². The van der Waals surface area contributed by atoms with Crippen molar-refractivity contribution in [3.05, 3.63) is 48.5 Å². The number of nitrogens with zero attached hydrogens (tertiary/aromatic N) is 3. The number of likely N-dealkylation sites (N-methyl/N-ethyl adjacent to an activating group) is 1.